The third kappa shape index (κ3) is 5.65. The third-order valence-corrected chi connectivity index (χ3v) is 9.95. The molecule has 0 fully saturated rings. The minimum Gasteiger partial charge on any atom is -0.507 e. The maximum atomic E-state index is 11.1. The lowest BCUT2D eigenvalue weighted by molar-refractivity contribution is 0.477. The molecule has 0 saturated carbocycles. The van der Waals surface area contributed by atoms with E-state index in [1.54, 1.807) is 6.07 Å². The van der Waals surface area contributed by atoms with Gasteiger partial charge in [0.1, 0.15) is 11.6 Å². The van der Waals surface area contributed by atoms with Crippen LogP contribution in [0.2, 0.25) is 0 Å². The van der Waals surface area contributed by atoms with Crippen molar-refractivity contribution in [3.8, 4) is 39.4 Å². The van der Waals surface area contributed by atoms with Gasteiger partial charge in [0.25, 0.3) is 0 Å². The van der Waals surface area contributed by atoms with Crippen molar-refractivity contribution in [3.05, 3.63) is 162 Å². The number of benzene rings is 5. The zero-order chi connectivity index (χ0) is 36.2. The van der Waals surface area contributed by atoms with Gasteiger partial charge in [-0.1, -0.05) is 72.3 Å². The summed E-state index contributed by atoms with van der Waals surface area (Å²) in [5.41, 5.74) is 12.7. The van der Waals surface area contributed by atoms with Gasteiger partial charge in [0.05, 0.1) is 22.8 Å². The molecule has 6 nitrogen and oxygen atoms in total. The Labute approximate surface area is 307 Å². The van der Waals surface area contributed by atoms with Crippen molar-refractivity contribution in [1.82, 2.24) is 15.0 Å². The highest BCUT2D eigenvalue weighted by molar-refractivity contribution is 6.12. The van der Waals surface area contributed by atoms with E-state index >= 15 is 0 Å². The number of aromatic hydroxyl groups is 1. The summed E-state index contributed by atoms with van der Waals surface area (Å²) in [7, 11) is 0. The predicted molar refractivity (Wildman–Crippen MR) is 216 cm³/mol. The van der Waals surface area contributed by atoms with Gasteiger partial charge in [-0.25, -0.2) is 15.0 Å². The molecule has 1 N–H and O–H groups in total. The second-order valence-corrected chi connectivity index (χ2v) is 13.7. The van der Waals surface area contributed by atoms with Gasteiger partial charge in [-0.15, -0.1) is 0 Å². The fourth-order valence-corrected chi connectivity index (χ4v) is 7.70. The van der Waals surface area contributed by atoms with Crippen molar-refractivity contribution < 1.29 is 9.52 Å². The molecule has 0 bridgehead atoms. The maximum absolute atomic E-state index is 11.1. The number of nitrogens with zero attached hydrogens (tertiary/aromatic N) is 4. The van der Waals surface area contributed by atoms with Crippen LogP contribution in [-0.4, -0.2) is 20.1 Å². The van der Waals surface area contributed by atoms with Gasteiger partial charge in [0.15, 0.2) is 5.58 Å². The average Bonchev–Trinajstić information content (AvgIpc) is 3.53. The Hall–Kier alpha value is -6.79. The lowest BCUT2D eigenvalue weighted by atomic mass is 9.92. The van der Waals surface area contributed by atoms with Crippen LogP contribution in [0.15, 0.2) is 144 Å². The van der Waals surface area contributed by atoms with Crippen LogP contribution >= 0.6 is 0 Å². The molecule has 0 amide bonds. The van der Waals surface area contributed by atoms with Gasteiger partial charge >= 0.3 is 0 Å². The molecule has 4 aromatic heterocycles. The molecule has 0 unspecified atom stereocenters. The van der Waals surface area contributed by atoms with E-state index in [9.17, 15) is 5.11 Å². The molecule has 0 aliphatic rings. The van der Waals surface area contributed by atoms with Gasteiger partial charge in [0, 0.05) is 39.2 Å². The Morgan fingerprint density at radius 2 is 1.34 bits per heavy atom. The topological polar surface area (TPSA) is 75.3 Å². The van der Waals surface area contributed by atoms with Gasteiger partial charge in [-0.3, -0.25) is 4.90 Å². The van der Waals surface area contributed by atoms with Crippen LogP contribution in [0.4, 0.5) is 17.2 Å². The Bertz CT molecular complexity index is 2830. The summed E-state index contributed by atoms with van der Waals surface area (Å²) in [4.78, 5) is 17.1. The van der Waals surface area contributed by atoms with E-state index in [1.165, 1.54) is 16.7 Å². The summed E-state index contributed by atoms with van der Waals surface area (Å²) in [6, 6.07) is 45.1. The Morgan fingerprint density at radius 1 is 0.585 bits per heavy atom. The van der Waals surface area contributed by atoms with Crippen molar-refractivity contribution in [2.24, 2.45) is 0 Å². The first-order valence-electron chi connectivity index (χ1n) is 17.7. The number of aryl methyl sites for hydroxylation is 4. The molecule has 0 spiro atoms. The molecule has 0 aliphatic carbocycles. The number of para-hydroxylation sites is 1. The molecule has 5 aromatic carbocycles. The van der Waals surface area contributed by atoms with Crippen molar-refractivity contribution in [2.45, 2.75) is 27.7 Å². The monoisotopic (exact) mass is 688 g/mol. The summed E-state index contributed by atoms with van der Waals surface area (Å²) >= 11 is 0. The highest BCUT2D eigenvalue weighted by Crippen LogP contribution is 2.46. The molecule has 0 saturated heterocycles. The van der Waals surface area contributed by atoms with Crippen molar-refractivity contribution in [1.29, 1.82) is 0 Å². The average molecular weight is 689 g/mol. The maximum Gasteiger partial charge on any atom is 0.227 e. The molecule has 256 valence electrons. The first-order valence-corrected chi connectivity index (χ1v) is 17.7. The number of aromatic nitrogens is 3. The van der Waals surface area contributed by atoms with E-state index < -0.39 is 0 Å². The standard InChI is InChI=1S/C47H36N4O2/c1-28-22-29(2)45(30(3)23-28)34-25-39(50-40(26-34)37-15-7-8-17-43(37)52)33-24-38-36-20-19-31(4)49-47(36)53-46(38)42(27-33)51(44-18-9-10-21-48-44)41-16-11-13-32-12-5-6-14-35(32)41/h5-27,52H,1-4H3. The first-order chi connectivity index (χ1) is 25.8. The minimum atomic E-state index is 0.177. The van der Waals surface area contributed by atoms with Gasteiger partial charge in [-0.2, -0.15) is 0 Å². The molecule has 9 rings (SSSR count). The molecular formula is C47H36N4O2. The fraction of sp³-hybridized carbons (Fsp3) is 0.0851. The number of fused-ring (bicyclic) bond motifs is 4. The predicted octanol–water partition coefficient (Wildman–Crippen LogP) is 12.3. The van der Waals surface area contributed by atoms with Crippen molar-refractivity contribution in [2.75, 3.05) is 4.90 Å². The second kappa shape index (κ2) is 12.8. The van der Waals surface area contributed by atoms with E-state index in [0.29, 0.717) is 22.6 Å². The lowest BCUT2D eigenvalue weighted by Crippen LogP contribution is -2.12. The van der Waals surface area contributed by atoms with Crippen LogP contribution in [0.1, 0.15) is 22.4 Å². The Morgan fingerprint density at radius 3 is 2.15 bits per heavy atom. The number of phenols is 1. The van der Waals surface area contributed by atoms with Gasteiger partial charge in [-0.05, 0) is 122 Å². The fourth-order valence-electron chi connectivity index (χ4n) is 7.70. The summed E-state index contributed by atoms with van der Waals surface area (Å²) in [6.45, 7) is 8.41. The number of pyridine rings is 3. The largest absolute Gasteiger partial charge is 0.507 e. The number of furan rings is 1. The summed E-state index contributed by atoms with van der Waals surface area (Å²) in [6.07, 6.45) is 1.81. The highest BCUT2D eigenvalue weighted by Gasteiger charge is 2.24. The molecule has 0 aliphatic heterocycles. The van der Waals surface area contributed by atoms with Gasteiger partial charge in [0.2, 0.25) is 5.71 Å². The van der Waals surface area contributed by atoms with Crippen molar-refractivity contribution in [3.63, 3.8) is 0 Å². The lowest BCUT2D eigenvalue weighted by Gasteiger charge is -2.26. The smallest absolute Gasteiger partial charge is 0.227 e. The first kappa shape index (κ1) is 32.1. The van der Waals surface area contributed by atoms with Crippen LogP contribution in [0.5, 0.6) is 5.75 Å². The van der Waals surface area contributed by atoms with Gasteiger partial charge < -0.3 is 9.52 Å². The molecule has 0 atom stereocenters. The molecule has 0 radical (unpaired) electrons. The van der Waals surface area contributed by atoms with E-state index in [0.717, 1.165) is 66.8 Å². The molecular weight excluding hydrogens is 653 g/mol. The number of anilines is 3. The summed E-state index contributed by atoms with van der Waals surface area (Å²) in [5, 5.41) is 15.1. The van der Waals surface area contributed by atoms with E-state index in [4.69, 9.17) is 19.4 Å². The Balaban J connectivity index is 1.39. The van der Waals surface area contributed by atoms with E-state index in [1.807, 2.05) is 55.6 Å². The molecule has 9 aromatic rings. The SMILES string of the molecule is Cc1cc(C)c(-c2cc(-c3cc(N(c4ccccn4)c4cccc5ccccc45)c4oc5nc(C)ccc5c4c3)nc(-c3ccccc3O)c2)c(C)c1. The quantitative estimate of drug-likeness (QED) is 0.187. The zero-order valence-corrected chi connectivity index (χ0v) is 29.9. The molecule has 6 heteroatoms. The van der Waals surface area contributed by atoms with E-state index in [-0.39, 0.29) is 5.75 Å². The van der Waals surface area contributed by atoms with Crippen LogP contribution in [0.25, 0.3) is 66.5 Å². The second-order valence-electron chi connectivity index (χ2n) is 13.7. The summed E-state index contributed by atoms with van der Waals surface area (Å²) in [5.74, 6) is 0.922. The van der Waals surface area contributed by atoms with Crippen LogP contribution in [0, 0.1) is 27.7 Å². The highest BCUT2D eigenvalue weighted by atomic mass is 16.3. The normalized spacial score (nSPS) is 11.5. The van der Waals surface area contributed by atoms with Crippen molar-refractivity contribution >= 4 is 50.0 Å². The molecule has 53 heavy (non-hydrogen) atoms. The molecule has 4 heterocycles. The Kier molecular flexibility index (Phi) is 7.74. The minimum absolute atomic E-state index is 0.177. The number of phenolic OH excluding ortho intramolecular Hbond substituents is 1. The number of hydrogen-bond donors (Lipinski definition) is 1. The number of hydrogen-bond acceptors (Lipinski definition) is 6. The van der Waals surface area contributed by atoms with Crippen LogP contribution in [0.3, 0.4) is 0 Å². The third-order valence-electron chi connectivity index (χ3n) is 9.95. The summed E-state index contributed by atoms with van der Waals surface area (Å²) < 4.78 is 6.70. The zero-order valence-electron chi connectivity index (χ0n) is 29.9. The van der Waals surface area contributed by atoms with Crippen LogP contribution < -0.4 is 4.90 Å². The van der Waals surface area contributed by atoms with E-state index in [2.05, 4.69) is 111 Å². The van der Waals surface area contributed by atoms with Crippen LogP contribution in [-0.2, 0) is 0 Å². The number of rotatable bonds is 6.